The third-order valence-electron chi connectivity index (χ3n) is 2.85. The molecule has 0 aromatic heterocycles. The van der Waals surface area contributed by atoms with Gasteiger partial charge in [0.05, 0.1) is 11.8 Å². The number of rotatable bonds is 5. The predicted molar refractivity (Wildman–Crippen MR) is 79.1 cm³/mol. The molecule has 126 valence electrons. The van der Waals surface area contributed by atoms with E-state index in [0.29, 0.717) is 0 Å². The van der Waals surface area contributed by atoms with Crippen LogP contribution in [0.5, 0.6) is 5.75 Å². The molecule has 0 heterocycles. The number of amides is 1. The molecule has 1 amide bonds. The van der Waals surface area contributed by atoms with Crippen LogP contribution in [0.3, 0.4) is 0 Å². The predicted octanol–water partition coefficient (Wildman–Crippen LogP) is 3.37. The zero-order valence-corrected chi connectivity index (χ0v) is 12.2. The number of ether oxygens (including phenoxy) is 1. The van der Waals surface area contributed by atoms with Crippen LogP contribution < -0.4 is 10.2 Å². The maximum atomic E-state index is 13.3. The summed E-state index contributed by atoms with van der Waals surface area (Å²) in [6.07, 6.45) is -3.65. The second-order valence-corrected chi connectivity index (χ2v) is 4.60. The van der Waals surface area contributed by atoms with E-state index < -0.39 is 30.1 Å². The van der Waals surface area contributed by atoms with Crippen molar-refractivity contribution < 1.29 is 27.1 Å². The van der Waals surface area contributed by atoms with E-state index in [2.05, 4.69) is 5.10 Å². The molecule has 0 aliphatic heterocycles. The molecule has 0 saturated heterocycles. The van der Waals surface area contributed by atoms with Crippen molar-refractivity contribution in [3.8, 4) is 5.75 Å². The van der Waals surface area contributed by atoms with E-state index in [1.165, 1.54) is 42.5 Å². The minimum absolute atomic E-state index is 0.112. The summed E-state index contributed by atoms with van der Waals surface area (Å²) in [6.45, 7) is -0.529. The zero-order chi connectivity index (χ0) is 17.6. The number of hydrazone groups is 1. The summed E-state index contributed by atoms with van der Waals surface area (Å²) in [7, 11) is 0. The van der Waals surface area contributed by atoms with E-state index >= 15 is 0 Å². The van der Waals surface area contributed by atoms with Gasteiger partial charge < -0.3 is 4.74 Å². The first kappa shape index (κ1) is 17.5. The van der Waals surface area contributed by atoms with E-state index in [4.69, 9.17) is 4.74 Å². The Morgan fingerprint density at radius 2 is 1.79 bits per heavy atom. The van der Waals surface area contributed by atoms with Crippen molar-refractivity contribution in [3.63, 3.8) is 0 Å². The minimum atomic E-state index is -4.53. The fourth-order valence-corrected chi connectivity index (χ4v) is 1.78. The van der Waals surface area contributed by atoms with Crippen molar-refractivity contribution in [2.24, 2.45) is 5.10 Å². The molecular formula is C16H12F4N2O2. The molecule has 0 spiro atoms. The number of nitrogens with one attached hydrogen (secondary N) is 1. The van der Waals surface area contributed by atoms with Crippen LogP contribution in [0.1, 0.15) is 11.1 Å². The van der Waals surface area contributed by atoms with E-state index in [0.717, 1.165) is 12.3 Å². The summed E-state index contributed by atoms with van der Waals surface area (Å²) in [6, 6.07) is 10.3. The Bertz CT molecular complexity index is 745. The molecule has 0 bridgehead atoms. The van der Waals surface area contributed by atoms with Gasteiger partial charge in [-0.15, -0.1) is 0 Å². The maximum Gasteiger partial charge on any atom is 0.417 e. The number of hydrogen-bond donors (Lipinski definition) is 1. The zero-order valence-electron chi connectivity index (χ0n) is 12.2. The van der Waals surface area contributed by atoms with Crippen LogP contribution in [0.2, 0.25) is 0 Å². The maximum absolute atomic E-state index is 13.3. The Morgan fingerprint density at radius 3 is 2.50 bits per heavy atom. The first-order chi connectivity index (χ1) is 11.4. The number of nitrogens with zero attached hydrogens (tertiary/aromatic N) is 1. The van der Waals surface area contributed by atoms with Gasteiger partial charge in [0.25, 0.3) is 5.91 Å². The fraction of sp³-hybridized carbons (Fsp3) is 0.125. The van der Waals surface area contributed by atoms with Gasteiger partial charge in [-0.3, -0.25) is 4.79 Å². The van der Waals surface area contributed by atoms with Crippen LogP contribution in [-0.2, 0) is 11.0 Å². The molecule has 0 fully saturated rings. The van der Waals surface area contributed by atoms with Crippen LogP contribution in [0, 0.1) is 5.82 Å². The standard InChI is InChI=1S/C16H12F4N2O2/c17-13-7-3-4-8-14(13)24-10-15(23)22-21-9-11-5-1-2-6-12(11)16(18,19)20/h1-9H,10H2,(H,22,23)/b21-9+. The third-order valence-corrected chi connectivity index (χ3v) is 2.85. The molecule has 1 N–H and O–H groups in total. The van der Waals surface area contributed by atoms with Gasteiger partial charge in [-0.05, 0) is 18.2 Å². The lowest BCUT2D eigenvalue weighted by atomic mass is 10.1. The van der Waals surface area contributed by atoms with Crippen LogP contribution in [-0.4, -0.2) is 18.7 Å². The van der Waals surface area contributed by atoms with E-state index in [1.807, 2.05) is 5.43 Å². The number of alkyl halides is 3. The molecule has 0 aliphatic rings. The molecule has 24 heavy (non-hydrogen) atoms. The summed E-state index contributed by atoms with van der Waals surface area (Å²) in [4.78, 5) is 11.5. The normalized spacial score (nSPS) is 11.5. The topological polar surface area (TPSA) is 50.7 Å². The van der Waals surface area contributed by atoms with Gasteiger partial charge in [0.15, 0.2) is 18.2 Å². The Hall–Kier alpha value is -2.90. The van der Waals surface area contributed by atoms with Crippen molar-refractivity contribution in [2.75, 3.05) is 6.61 Å². The fourth-order valence-electron chi connectivity index (χ4n) is 1.78. The molecule has 2 rings (SSSR count). The van der Waals surface area contributed by atoms with Crippen molar-refractivity contribution in [1.29, 1.82) is 0 Å². The Kier molecular flexibility index (Phi) is 5.51. The molecule has 2 aromatic rings. The summed E-state index contributed by atoms with van der Waals surface area (Å²) in [5.74, 6) is -1.48. The Morgan fingerprint density at radius 1 is 1.12 bits per heavy atom. The SMILES string of the molecule is O=C(COc1ccccc1F)N/N=C/c1ccccc1C(F)(F)F. The van der Waals surface area contributed by atoms with Gasteiger partial charge in [-0.1, -0.05) is 30.3 Å². The molecule has 0 aliphatic carbocycles. The first-order valence-electron chi connectivity index (χ1n) is 6.73. The average Bonchev–Trinajstić information content (AvgIpc) is 2.53. The van der Waals surface area contributed by atoms with Gasteiger partial charge >= 0.3 is 6.18 Å². The molecule has 0 atom stereocenters. The highest BCUT2D eigenvalue weighted by molar-refractivity contribution is 5.84. The second-order valence-electron chi connectivity index (χ2n) is 4.60. The van der Waals surface area contributed by atoms with Crippen LogP contribution >= 0.6 is 0 Å². The lowest BCUT2D eigenvalue weighted by Crippen LogP contribution is -2.25. The van der Waals surface area contributed by atoms with Crippen molar-refractivity contribution in [3.05, 3.63) is 65.5 Å². The number of carbonyl (C=O) groups is 1. The van der Waals surface area contributed by atoms with E-state index in [-0.39, 0.29) is 11.3 Å². The summed E-state index contributed by atoms with van der Waals surface area (Å²) in [5.41, 5.74) is 0.951. The molecule has 4 nitrogen and oxygen atoms in total. The molecule has 0 radical (unpaired) electrons. The van der Waals surface area contributed by atoms with Crippen LogP contribution in [0.25, 0.3) is 0 Å². The lowest BCUT2D eigenvalue weighted by Gasteiger charge is -2.09. The van der Waals surface area contributed by atoms with Crippen molar-refractivity contribution in [1.82, 2.24) is 5.43 Å². The minimum Gasteiger partial charge on any atom is -0.481 e. The van der Waals surface area contributed by atoms with Crippen molar-refractivity contribution in [2.45, 2.75) is 6.18 Å². The molecule has 8 heteroatoms. The largest absolute Gasteiger partial charge is 0.481 e. The highest BCUT2D eigenvalue weighted by Gasteiger charge is 2.32. The first-order valence-corrected chi connectivity index (χ1v) is 6.73. The average molecular weight is 340 g/mol. The smallest absolute Gasteiger partial charge is 0.417 e. The van der Waals surface area contributed by atoms with E-state index in [1.54, 1.807) is 0 Å². The van der Waals surface area contributed by atoms with Crippen molar-refractivity contribution >= 4 is 12.1 Å². The molecular weight excluding hydrogens is 328 g/mol. The van der Waals surface area contributed by atoms with Gasteiger partial charge in [-0.2, -0.15) is 18.3 Å². The number of carbonyl (C=O) groups excluding carboxylic acids is 1. The summed E-state index contributed by atoms with van der Waals surface area (Å²) < 4.78 is 56.5. The van der Waals surface area contributed by atoms with Gasteiger partial charge in [0.1, 0.15) is 0 Å². The van der Waals surface area contributed by atoms with Crippen LogP contribution in [0.4, 0.5) is 17.6 Å². The summed E-state index contributed by atoms with van der Waals surface area (Å²) in [5, 5.41) is 3.45. The quantitative estimate of drug-likeness (QED) is 0.515. The number of benzene rings is 2. The highest BCUT2D eigenvalue weighted by atomic mass is 19.4. The second kappa shape index (κ2) is 7.58. The van der Waals surface area contributed by atoms with Gasteiger partial charge in [0, 0.05) is 5.56 Å². The Labute approximate surface area is 134 Å². The number of para-hydroxylation sites is 1. The lowest BCUT2D eigenvalue weighted by molar-refractivity contribution is -0.137. The van der Waals surface area contributed by atoms with Crippen LogP contribution in [0.15, 0.2) is 53.6 Å². The number of hydrogen-bond acceptors (Lipinski definition) is 3. The Balaban J connectivity index is 1.93. The highest BCUT2D eigenvalue weighted by Crippen LogP contribution is 2.31. The molecule has 0 unspecified atom stereocenters. The third kappa shape index (κ3) is 4.80. The summed E-state index contributed by atoms with van der Waals surface area (Å²) >= 11 is 0. The van der Waals surface area contributed by atoms with Gasteiger partial charge in [-0.25, -0.2) is 9.82 Å². The monoisotopic (exact) mass is 340 g/mol. The van der Waals surface area contributed by atoms with E-state index in [9.17, 15) is 22.4 Å². The number of halogens is 4. The molecule has 0 saturated carbocycles. The van der Waals surface area contributed by atoms with Gasteiger partial charge in [0.2, 0.25) is 0 Å². The molecule has 2 aromatic carbocycles.